The Bertz CT molecular complexity index is 642. The summed E-state index contributed by atoms with van der Waals surface area (Å²) in [6, 6.07) is 1.58. The molecule has 8 nitrogen and oxygen atoms in total. The van der Waals surface area contributed by atoms with Crippen molar-refractivity contribution in [3.8, 4) is 0 Å². The lowest BCUT2D eigenvalue weighted by Gasteiger charge is -2.40. The first-order valence-electron chi connectivity index (χ1n) is 9.66. The van der Waals surface area contributed by atoms with Crippen molar-refractivity contribution < 1.29 is 24.0 Å². The van der Waals surface area contributed by atoms with Gasteiger partial charge in [-0.05, 0) is 31.2 Å². The molecule has 1 saturated carbocycles. The summed E-state index contributed by atoms with van der Waals surface area (Å²) in [5, 5.41) is 13.2. The van der Waals surface area contributed by atoms with Gasteiger partial charge in [0.15, 0.2) is 0 Å². The fraction of sp³-hybridized carbons (Fsp3) is 0.632. The molecule has 3 amide bonds. The Morgan fingerprint density at radius 3 is 2.56 bits per heavy atom. The Kier molecular flexibility index (Phi) is 6.49. The van der Waals surface area contributed by atoms with Crippen LogP contribution in [0.3, 0.4) is 0 Å². The second-order valence-corrected chi connectivity index (χ2v) is 7.42. The molecule has 1 atom stereocenters. The Morgan fingerprint density at radius 1 is 1.22 bits per heavy atom. The van der Waals surface area contributed by atoms with Crippen molar-refractivity contribution in [3.63, 3.8) is 0 Å². The van der Waals surface area contributed by atoms with E-state index in [1.807, 2.05) is 0 Å². The number of hydrazine groups is 1. The van der Waals surface area contributed by atoms with Gasteiger partial charge in [0.1, 0.15) is 6.26 Å². The van der Waals surface area contributed by atoms with E-state index in [-0.39, 0.29) is 18.4 Å². The smallest absolute Gasteiger partial charge is 0.275 e. The zero-order chi connectivity index (χ0) is 19.2. The molecule has 0 spiro atoms. The highest BCUT2D eigenvalue weighted by Gasteiger charge is 2.36. The molecule has 1 N–H and O–H groups in total. The third-order valence-electron chi connectivity index (χ3n) is 5.51. The third-order valence-corrected chi connectivity index (χ3v) is 5.51. The van der Waals surface area contributed by atoms with Crippen molar-refractivity contribution in [3.05, 3.63) is 24.2 Å². The fourth-order valence-corrected chi connectivity index (χ4v) is 4.12. The molecule has 2 fully saturated rings. The van der Waals surface area contributed by atoms with Gasteiger partial charge in [-0.1, -0.05) is 25.7 Å². The van der Waals surface area contributed by atoms with E-state index in [0.717, 1.165) is 38.5 Å². The maximum absolute atomic E-state index is 13.3. The van der Waals surface area contributed by atoms with Crippen LogP contribution in [-0.4, -0.2) is 58.1 Å². The van der Waals surface area contributed by atoms with E-state index in [4.69, 9.17) is 4.42 Å². The summed E-state index contributed by atoms with van der Waals surface area (Å²) in [6.07, 6.45) is 9.80. The van der Waals surface area contributed by atoms with Crippen LogP contribution in [0.2, 0.25) is 0 Å². The second-order valence-electron chi connectivity index (χ2n) is 7.42. The quantitative estimate of drug-likeness (QED) is 0.447. The number of hydrogen-bond acceptors (Lipinski definition) is 5. The van der Waals surface area contributed by atoms with Crippen LogP contribution in [0, 0.1) is 11.8 Å². The SMILES string of the molecule is O=CN(O)C[C@@H](CC1CCCC1)C(=O)N1CCCCN1C(=O)c1ccoc1. The van der Waals surface area contributed by atoms with E-state index in [1.165, 1.54) is 22.5 Å². The molecule has 27 heavy (non-hydrogen) atoms. The molecule has 2 aliphatic rings. The Balaban J connectivity index is 1.76. The summed E-state index contributed by atoms with van der Waals surface area (Å²) >= 11 is 0. The highest BCUT2D eigenvalue weighted by molar-refractivity contribution is 5.95. The fourth-order valence-electron chi connectivity index (χ4n) is 4.12. The van der Waals surface area contributed by atoms with Crippen molar-refractivity contribution >= 4 is 18.2 Å². The van der Waals surface area contributed by atoms with Crippen molar-refractivity contribution in [1.82, 2.24) is 15.1 Å². The lowest BCUT2D eigenvalue weighted by Crippen LogP contribution is -2.55. The van der Waals surface area contributed by atoms with Crippen LogP contribution in [-0.2, 0) is 9.59 Å². The third kappa shape index (κ3) is 4.68. The molecule has 2 heterocycles. The first kappa shape index (κ1) is 19.4. The van der Waals surface area contributed by atoms with Gasteiger partial charge in [-0.15, -0.1) is 0 Å². The van der Waals surface area contributed by atoms with E-state index >= 15 is 0 Å². The molecule has 3 rings (SSSR count). The summed E-state index contributed by atoms with van der Waals surface area (Å²) in [6.45, 7) is 0.863. The predicted octanol–water partition coefficient (Wildman–Crippen LogP) is 2.30. The van der Waals surface area contributed by atoms with Crippen molar-refractivity contribution in [2.45, 2.75) is 44.9 Å². The topological polar surface area (TPSA) is 94.3 Å². The van der Waals surface area contributed by atoms with Crippen molar-refractivity contribution in [2.75, 3.05) is 19.6 Å². The van der Waals surface area contributed by atoms with Gasteiger partial charge in [-0.2, -0.15) is 0 Å². The number of carbonyl (C=O) groups is 3. The molecule has 0 radical (unpaired) electrons. The number of nitrogens with zero attached hydrogens (tertiary/aromatic N) is 3. The Labute approximate surface area is 158 Å². The predicted molar refractivity (Wildman–Crippen MR) is 95.3 cm³/mol. The van der Waals surface area contributed by atoms with Crippen LogP contribution in [0.15, 0.2) is 23.0 Å². The first-order chi connectivity index (χ1) is 13.1. The summed E-state index contributed by atoms with van der Waals surface area (Å²) in [4.78, 5) is 36.9. The average Bonchev–Trinajstić information content (AvgIpc) is 3.40. The van der Waals surface area contributed by atoms with Gasteiger partial charge < -0.3 is 4.42 Å². The number of rotatable bonds is 7. The molecule has 1 aliphatic carbocycles. The lowest BCUT2D eigenvalue weighted by molar-refractivity contribution is -0.164. The standard InChI is InChI=1S/C19H27N3O5/c23-14-20(26)12-17(11-15-5-1-2-6-15)19(25)22-9-4-3-8-21(22)18(24)16-7-10-27-13-16/h7,10,13-15,17,26H,1-6,8-9,11-12H2/t17-/m1/s1. The number of hydrogen-bond donors (Lipinski definition) is 1. The van der Waals surface area contributed by atoms with Gasteiger partial charge in [-0.3, -0.25) is 24.6 Å². The summed E-state index contributed by atoms with van der Waals surface area (Å²) in [5.74, 6) is -0.588. The minimum Gasteiger partial charge on any atom is -0.472 e. The maximum Gasteiger partial charge on any atom is 0.275 e. The summed E-state index contributed by atoms with van der Waals surface area (Å²) < 4.78 is 5.00. The maximum atomic E-state index is 13.3. The molecule has 1 aromatic rings. The first-order valence-corrected chi connectivity index (χ1v) is 9.66. The molecule has 8 heteroatoms. The van der Waals surface area contributed by atoms with Gasteiger partial charge in [0.2, 0.25) is 12.3 Å². The summed E-state index contributed by atoms with van der Waals surface area (Å²) in [7, 11) is 0. The normalized spacial score (nSPS) is 19.1. The molecule has 0 aromatic carbocycles. The van der Waals surface area contributed by atoms with E-state index < -0.39 is 5.92 Å². The molecule has 0 unspecified atom stereocenters. The summed E-state index contributed by atoms with van der Waals surface area (Å²) in [5.41, 5.74) is 0.402. The molecule has 1 aliphatic heterocycles. The zero-order valence-electron chi connectivity index (χ0n) is 15.5. The van der Waals surface area contributed by atoms with Crippen molar-refractivity contribution in [1.29, 1.82) is 0 Å². The van der Waals surface area contributed by atoms with Crippen LogP contribution in [0.1, 0.15) is 55.3 Å². The van der Waals surface area contributed by atoms with E-state index in [9.17, 15) is 19.6 Å². The van der Waals surface area contributed by atoms with Crippen LogP contribution >= 0.6 is 0 Å². The minimum absolute atomic E-state index is 0.0525. The zero-order valence-corrected chi connectivity index (χ0v) is 15.5. The van der Waals surface area contributed by atoms with E-state index in [0.29, 0.717) is 42.5 Å². The molecular formula is C19H27N3O5. The molecule has 1 aromatic heterocycles. The Morgan fingerprint density at radius 2 is 1.93 bits per heavy atom. The van der Waals surface area contributed by atoms with E-state index in [2.05, 4.69) is 0 Å². The number of amides is 3. The van der Waals surface area contributed by atoms with Gasteiger partial charge in [0, 0.05) is 13.1 Å². The lowest BCUT2D eigenvalue weighted by atomic mass is 9.92. The van der Waals surface area contributed by atoms with Gasteiger partial charge in [-0.25, -0.2) is 10.1 Å². The van der Waals surface area contributed by atoms with Crippen LogP contribution in [0.25, 0.3) is 0 Å². The van der Waals surface area contributed by atoms with Crippen LogP contribution in [0.4, 0.5) is 0 Å². The monoisotopic (exact) mass is 377 g/mol. The van der Waals surface area contributed by atoms with E-state index in [1.54, 1.807) is 6.07 Å². The average molecular weight is 377 g/mol. The highest BCUT2D eigenvalue weighted by atomic mass is 16.5. The second kappa shape index (κ2) is 9.03. The van der Waals surface area contributed by atoms with Gasteiger partial charge in [0.05, 0.1) is 24.3 Å². The Hall–Kier alpha value is -2.35. The van der Waals surface area contributed by atoms with Gasteiger partial charge in [0.25, 0.3) is 5.91 Å². The molecular weight excluding hydrogens is 350 g/mol. The number of furan rings is 1. The highest BCUT2D eigenvalue weighted by Crippen LogP contribution is 2.32. The molecule has 0 bridgehead atoms. The van der Waals surface area contributed by atoms with Gasteiger partial charge >= 0.3 is 0 Å². The molecule has 148 valence electrons. The number of hydroxylamine groups is 2. The number of carbonyl (C=O) groups excluding carboxylic acids is 3. The molecule has 1 saturated heterocycles. The largest absolute Gasteiger partial charge is 0.472 e. The van der Waals surface area contributed by atoms with Crippen LogP contribution < -0.4 is 0 Å². The van der Waals surface area contributed by atoms with Crippen molar-refractivity contribution in [2.24, 2.45) is 11.8 Å². The van der Waals surface area contributed by atoms with Crippen LogP contribution in [0.5, 0.6) is 0 Å². The minimum atomic E-state index is -0.527.